The predicted octanol–water partition coefficient (Wildman–Crippen LogP) is 1.82. The van der Waals surface area contributed by atoms with Gasteiger partial charge in [0.05, 0.1) is 12.7 Å². The number of piperidine rings is 1. The van der Waals surface area contributed by atoms with Gasteiger partial charge in [-0.15, -0.1) is 12.4 Å². The number of rotatable bonds is 3. The molecule has 0 aromatic carbocycles. The highest BCUT2D eigenvalue weighted by Crippen LogP contribution is 2.22. The third kappa shape index (κ3) is 4.33. The van der Waals surface area contributed by atoms with Gasteiger partial charge in [-0.05, 0) is 32.1 Å². The van der Waals surface area contributed by atoms with Gasteiger partial charge in [0.1, 0.15) is 6.04 Å². The molecule has 0 aliphatic carbocycles. The van der Waals surface area contributed by atoms with Crippen molar-refractivity contribution in [3.8, 4) is 0 Å². The van der Waals surface area contributed by atoms with E-state index in [0.29, 0.717) is 12.5 Å². The lowest BCUT2D eigenvalue weighted by Gasteiger charge is -2.38. The van der Waals surface area contributed by atoms with Gasteiger partial charge >= 0.3 is 0 Å². The number of carbonyl (C=O) groups excluding carboxylic acids is 1. The number of morpholine rings is 1. The smallest absolute Gasteiger partial charge is 0.242 e. The highest BCUT2D eigenvalue weighted by atomic mass is 35.5. The van der Waals surface area contributed by atoms with Gasteiger partial charge in [-0.3, -0.25) is 4.79 Å². The number of carbonyl (C=O) groups is 1. The molecule has 2 rings (SSSR count). The maximum absolute atomic E-state index is 12.5. The van der Waals surface area contributed by atoms with E-state index in [9.17, 15) is 4.79 Å². The lowest BCUT2D eigenvalue weighted by molar-refractivity contribution is -0.141. The van der Waals surface area contributed by atoms with Crippen LogP contribution in [0.1, 0.15) is 39.5 Å². The molecule has 0 spiro atoms. The zero-order valence-corrected chi connectivity index (χ0v) is 12.9. The summed E-state index contributed by atoms with van der Waals surface area (Å²) in [4.78, 5) is 14.5. The third-order valence-electron chi connectivity index (χ3n) is 4.11. The maximum Gasteiger partial charge on any atom is 0.242 e. The zero-order chi connectivity index (χ0) is 13.0. The number of hydrogen-bond donors (Lipinski definition) is 1. The molecule has 19 heavy (non-hydrogen) atoms. The van der Waals surface area contributed by atoms with Crippen LogP contribution in [0.4, 0.5) is 0 Å². The lowest BCUT2D eigenvalue weighted by Crippen LogP contribution is -2.57. The van der Waals surface area contributed by atoms with Crippen molar-refractivity contribution in [3.05, 3.63) is 0 Å². The van der Waals surface area contributed by atoms with E-state index in [4.69, 9.17) is 4.74 Å². The first kappa shape index (κ1) is 16.7. The summed E-state index contributed by atoms with van der Waals surface area (Å²) in [5, 5.41) is 3.30. The van der Waals surface area contributed by atoms with E-state index in [1.54, 1.807) is 0 Å². The Morgan fingerprint density at radius 2 is 2.26 bits per heavy atom. The number of likely N-dealkylation sites (tertiary alicyclic amines) is 1. The van der Waals surface area contributed by atoms with E-state index in [-0.39, 0.29) is 30.5 Å². The summed E-state index contributed by atoms with van der Waals surface area (Å²) in [7, 11) is 0. The molecule has 1 N–H and O–H groups in total. The van der Waals surface area contributed by atoms with Crippen LogP contribution in [0, 0.1) is 5.92 Å². The van der Waals surface area contributed by atoms with Gasteiger partial charge in [-0.1, -0.05) is 13.3 Å². The van der Waals surface area contributed by atoms with Crippen molar-refractivity contribution in [2.24, 2.45) is 5.92 Å². The van der Waals surface area contributed by atoms with Crippen LogP contribution in [0.25, 0.3) is 0 Å². The van der Waals surface area contributed by atoms with Crippen molar-refractivity contribution in [2.45, 2.75) is 51.7 Å². The van der Waals surface area contributed by atoms with Crippen LogP contribution < -0.4 is 5.32 Å². The summed E-state index contributed by atoms with van der Waals surface area (Å²) in [6, 6.07) is -0.140. The van der Waals surface area contributed by atoms with Gasteiger partial charge in [0, 0.05) is 19.6 Å². The molecule has 1 unspecified atom stereocenters. The van der Waals surface area contributed by atoms with Gasteiger partial charge < -0.3 is 15.0 Å². The molecule has 1 amide bonds. The Morgan fingerprint density at radius 3 is 2.95 bits per heavy atom. The van der Waals surface area contributed by atoms with E-state index in [2.05, 4.69) is 12.2 Å². The minimum absolute atomic E-state index is 0. The summed E-state index contributed by atoms with van der Waals surface area (Å²) in [5.41, 5.74) is 0. The maximum atomic E-state index is 12.5. The highest BCUT2D eigenvalue weighted by molar-refractivity contribution is 5.85. The van der Waals surface area contributed by atoms with Crippen molar-refractivity contribution in [2.75, 3.05) is 26.2 Å². The summed E-state index contributed by atoms with van der Waals surface area (Å²) in [6.45, 7) is 7.57. The van der Waals surface area contributed by atoms with Gasteiger partial charge in [-0.2, -0.15) is 0 Å². The second kappa shape index (κ2) is 8.08. The Hall–Kier alpha value is -0.320. The largest absolute Gasteiger partial charge is 0.375 e. The number of ether oxygens (including phenoxy) is 1. The molecular weight excluding hydrogens is 264 g/mol. The minimum Gasteiger partial charge on any atom is -0.375 e. The van der Waals surface area contributed by atoms with Crippen molar-refractivity contribution in [3.63, 3.8) is 0 Å². The van der Waals surface area contributed by atoms with E-state index >= 15 is 0 Å². The number of nitrogens with zero attached hydrogens (tertiary/aromatic N) is 1. The fourth-order valence-electron chi connectivity index (χ4n) is 3.12. The molecule has 2 aliphatic heterocycles. The zero-order valence-electron chi connectivity index (χ0n) is 12.1. The van der Waals surface area contributed by atoms with Gasteiger partial charge in [-0.25, -0.2) is 0 Å². The number of nitrogens with one attached hydrogen (secondary N) is 1. The first-order valence-corrected chi connectivity index (χ1v) is 7.36. The lowest BCUT2D eigenvalue weighted by atomic mass is 9.93. The summed E-state index contributed by atoms with van der Waals surface area (Å²) in [6.07, 6.45) is 4.89. The minimum atomic E-state index is -0.140. The van der Waals surface area contributed by atoms with Crippen molar-refractivity contribution < 1.29 is 9.53 Å². The monoisotopic (exact) mass is 290 g/mol. The molecule has 0 bridgehead atoms. The molecule has 4 nitrogen and oxygen atoms in total. The first-order chi connectivity index (χ1) is 8.72. The molecule has 2 heterocycles. The van der Waals surface area contributed by atoms with Crippen molar-refractivity contribution in [1.82, 2.24) is 10.2 Å². The molecular formula is C14H27ClN2O2. The average Bonchev–Trinajstić information content (AvgIpc) is 2.39. The van der Waals surface area contributed by atoms with Gasteiger partial charge in [0.25, 0.3) is 0 Å². The molecule has 0 saturated carbocycles. The van der Waals surface area contributed by atoms with E-state index < -0.39 is 0 Å². The summed E-state index contributed by atoms with van der Waals surface area (Å²) in [5.74, 6) is 0.940. The Balaban J connectivity index is 0.00000180. The fraction of sp³-hybridized carbons (Fsp3) is 0.929. The molecule has 0 radical (unpaired) electrons. The first-order valence-electron chi connectivity index (χ1n) is 7.36. The summed E-state index contributed by atoms with van der Waals surface area (Å²) < 4.78 is 5.57. The molecule has 112 valence electrons. The third-order valence-corrected chi connectivity index (χ3v) is 4.11. The second-order valence-electron chi connectivity index (χ2n) is 5.59. The van der Waals surface area contributed by atoms with E-state index in [0.717, 1.165) is 26.1 Å². The average molecular weight is 291 g/mol. The quantitative estimate of drug-likeness (QED) is 0.862. The van der Waals surface area contributed by atoms with Crippen LogP contribution in [0.3, 0.4) is 0 Å². The summed E-state index contributed by atoms with van der Waals surface area (Å²) >= 11 is 0. The van der Waals surface area contributed by atoms with Crippen LogP contribution in [0.15, 0.2) is 0 Å². The van der Waals surface area contributed by atoms with E-state index in [1.165, 1.54) is 19.3 Å². The Kier molecular flexibility index (Phi) is 7.11. The number of hydrogen-bond acceptors (Lipinski definition) is 3. The molecule has 0 aromatic heterocycles. The SMILES string of the molecule is CCCC1CCCN(C(=O)[C@H]2NCCO[C@@H]2C)C1.Cl. The fourth-order valence-corrected chi connectivity index (χ4v) is 3.12. The molecule has 3 atom stereocenters. The molecule has 5 heteroatoms. The van der Waals surface area contributed by atoms with E-state index in [1.807, 2.05) is 11.8 Å². The standard InChI is InChI=1S/C14H26N2O2.ClH/c1-3-5-12-6-4-8-16(10-12)14(17)13-11(2)18-9-7-15-13;/h11-13,15H,3-10H2,1-2H3;1H/t11-,12?,13+;/m1./s1. The van der Waals surface area contributed by atoms with Crippen molar-refractivity contribution in [1.29, 1.82) is 0 Å². The van der Waals surface area contributed by atoms with Crippen molar-refractivity contribution >= 4 is 18.3 Å². The van der Waals surface area contributed by atoms with Gasteiger partial charge in [0.2, 0.25) is 5.91 Å². The number of halogens is 1. The Bertz CT molecular complexity index is 287. The van der Waals surface area contributed by atoms with Crippen LogP contribution >= 0.6 is 12.4 Å². The second-order valence-corrected chi connectivity index (χ2v) is 5.59. The Morgan fingerprint density at radius 1 is 1.47 bits per heavy atom. The predicted molar refractivity (Wildman–Crippen MR) is 78.7 cm³/mol. The normalized spacial score (nSPS) is 31.7. The molecule has 2 aliphatic rings. The topological polar surface area (TPSA) is 41.6 Å². The van der Waals surface area contributed by atoms with Gasteiger partial charge in [0.15, 0.2) is 0 Å². The highest BCUT2D eigenvalue weighted by Gasteiger charge is 2.33. The molecule has 2 fully saturated rings. The molecule has 0 aromatic rings. The van der Waals surface area contributed by atoms with Crippen LogP contribution in [0.5, 0.6) is 0 Å². The van der Waals surface area contributed by atoms with Crippen LogP contribution in [0.2, 0.25) is 0 Å². The molecule has 2 saturated heterocycles. The number of amides is 1. The Labute approximate surface area is 122 Å². The van der Waals surface area contributed by atoms with Crippen LogP contribution in [-0.4, -0.2) is 49.2 Å². The van der Waals surface area contributed by atoms with Crippen LogP contribution in [-0.2, 0) is 9.53 Å².